The molecule has 0 atom stereocenters. The Morgan fingerprint density at radius 3 is 0.853 bits per heavy atom. The van der Waals surface area contributed by atoms with E-state index in [0.29, 0.717) is 21.7 Å². The first kappa shape index (κ1) is 156. The normalized spacial score (nSPS) is 9.24. The van der Waals surface area contributed by atoms with Gasteiger partial charge in [-0.25, -0.2) is 14.4 Å². The summed E-state index contributed by atoms with van der Waals surface area (Å²) >= 11 is 15.1. The molecule has 3 radical (unpaired) electrons. The van der Waals surface area contributed by atoms with Gasteiger partial charge < -0.3 is 46.3 Å². The molecule has 10 rings (SSSR count). The average molecular weight is 2420 g/mol. The summed E-state index contributed by atoms with van der Waals surface area (Å²) in [6.45, 7) is 33.0. The van der Waals surface area contributed by atoms with E-state index in [1.165, 1.54) is 54.3 Å². The van der Waals surface area contributed by atoms with Gasteiger partial charge in [-0.05, 0) is 316 Å². The maximum Gasteiger partial charge on any atom is 1.00 e. The Bertz CT molecular complexity index is 4840. The van der Waals surface area contributed by atoms with Crippen molar-refractivity contribution in [3.63, 3.8) is 0 Å². The van der Waals surface area contributed by atoms with Crippen LogP contribution in [-0.4, -0.2) is 118 Å². The second-order valence-corrected chi connectivity index (χ2v) is 51.3. The number of aliphatic hydroxyl groups is 4. The summed E-state index contributed by atoms with van der Waals surface area (Å²) in [5.74, 6) is 17.8. The van der Waals surface area contributed by atoms with Crippen molar-refractivity contribution in [2.75, 3.05) is 42.7 Å². The number of hydrogen-bond acceptors (Lipinski definition) is 12. The van der Waals surface area contributed by atoms with Gasteiger partial charge in [-0.3, -0.25) is 0 Å². The summed E-state index contributed by atoms with van der Waals surface area (Å²) in [6.07, 6.45) is 24.0. The number of allylic oxidation sites excluding steroid dienone is 2. The van der Waals surface area contributed by atoms with E-state index in [1.54, 1.807) is 55.7 Å². The molecule has 24 heteroatoms. The second kappa shape index (κ2) is 92.8. The second-order valence-electron chi connectivity index (χ2n) is 30.0. The Morgan fingerprint density at radius 2 is 0.640 bits per heavy atom. The monoisotopic (exact) mass is 2420 g/mol. The summed E-state index contributed by atoms with van der Waals surface area (Å²) in [5.41, 5.74) is 22.0. The zero-order valence-electron chi connectivity index (χ0n) is 81.5. The van der Waals surface area contributed by atoms with Crippen LogP contribution in [0.2, 0.25) is 57.4 Å². The molecule has 0 aliphatic carbocycles. The van der Waals surface area contributed by atoms with Gasteiger partial charge in [-0.1, -0.05) is 305 Å². The van der Waals surface area contributed by atoms with Crippen LogP contribution in [0.4, 0.5) is 0 Å². The van der Waals surface area contributed by atoms with Crippen LogP contribution in [0.3, 0.4) is 0 Å². The molecule has 0 unspecified atom stereocenters. The number of hydrogen-bond donors (Lipinski definition) is 4. The van der Waals surface area contributed by atoms with Crippen molar-refractivity contribution in [1.29, 1.82) is 0 Å². The van der Waals surface area contributed by atoms with Gasteiger partial charge in [0.25, 0.3) is 0 Å². The van der Waals surface area contributed by atoms with E-state index in [-0.39, 0.29) is 178 Å². The minimum Gasteiger partial charge on any atom is -1.00 e. The fourth-order valence-electron chi connectivity index (χ4n) is 8.46. The molecule has 0 aliphatic rings. The standard InChI is InChI=1S/C20H18O2.C19H16O3.C13H18Si.C10H9IO2.C10H10.C8H9I.2C7H7IO.C6H15ClSi.C5H10Si.2CH4O.5CH4.B.K.Na.H2O.H2S.H/c1-3-16-8-10-17(11-9-16)6-4-5-7-18-12-14-19(15-13-18)20(21)22-2;1-22-19(21)18-12-10-16(11-13-18)5-3-2-4-15-6-8-17(14-20)9-7-15;1-5-12-6-8-13(9-7-12)10-11-14(2,3)4;1-13-10(12)9-4-2-8(3-5-9)6-7-11;1-3-9-5-7-10(4-2)8-6-9;1-2-7-3-5-8(9)6-4-7;1-9-7-4-2-6(8)3-5-7;8-7-3-1-6(5-9)2-4-7;1-6(2,3)8(4,5)7;1-5-6(2,3)4;2*1-2;;;;;;;;;;;/h5,7-15H,3H2,1-2H3;3,5-13,20H,14H2,1H3;6-9H,5H2,1-4H3;2-7H,1H3;1,5-8H,4H2,2H3;3-6H,2H2,1H3;2-5H,1H3;1-4,9H,5H2;1-5H3;1H,2-4H3;2*2H,1H3;5*1H4;;;;2*1H2;/q;;;;;;;;;;;;;;;;;;2*+1;;;-1/p-1/b7-5+;5-3+;;7-6+;;;;;;;;;;;;;;;;;;;. The van der Waals surface area contributed by atoms with Crippen LogP contribution in [-0.2, 0) is 53.1 Å². The van der Waals surface area contributed by atoms with E-state index in [9.17, 15) is 14.4 Å². The molecule has 0 saturated carbocycles. The predicted molar refractivity (Wildman–Crippen MR) is 630 cm³/mol. The Morgan fingerprint density at radius 1 is 0.412 bits per heavy atom. The molecule has 0 aromatic heterocycles. The van der Waals surface area contributed by atoms with Gasteiger partial charge in [0.15, 0.2) is 7.38 Å². The van der Waals surface area contributed by atoms with Crippen LogP contribution in [0.5, 0.6) is 5.75 Å². The van der Waals surface area contributed by atoms with Crippen LogP contribution in [0.1, 0.15) is 190 Å². The topological polar surface area (TPSA) is 199 Å². The smallest absolute Gasteiger partial charge is 1.00 e. The molecule has 729 valence electrons. The molecule has 0 heterocycles. The fraction of sp³-hybridized carbons (Fsp3) is 0.295. The Hall–Kier alpha value is -5.86. The molecule has 0 spiro atoms. The van der Waals surface area contributed by atoms with Gasteiger partial charge in [0.2, 0.25) is 0 Å². The van der Waals surface area contributed by atoms with E-state index in [1.807, 2.05) is 156 Å². The number of ether oxygens (including phenoxy) is 4. The van der Waals surface area contributed by atoms with Crippen LogP contribution < -0.4 is 85.7 Å². The summed E-state index contributed by atoms with van der Waals surface area (Å²) in [5, 5.41) is 31.9. The van der Waals surface area contributed by atoms with Crippen molar-refractivity contribution in [3.8, 4) is 65.2 Å². The van der Waals surface area contributed by atoms with Crippen molar-refractivity contribution < 1.29 is 142 Å². The summed E-state index contributed by atoms with van der Waals surface area (Å²) in [6, 6.07) is 78.2. The predicted octanol–water partition coefficient (Wildman–Crippen LogP) is 23.5. The zero-order chi connectivity index (χ0) is 95.5. The van der Waals surface area contributed by atoms with Crippen LogP contribution in [0.25, 0.3) is 18.2 Å². The molecule has 10 aromatic rings. The molecular formula is C112H151BClI4KNaO12SSi3. The molecule has 12 nitrogen and oxygen atoms in total. The maximum absolute atomic E-state index is 11.3. The van der Waals surface area contributed by atoms with Crippen LogP contribution >= 0.6 is 115 Å². The van der Waals surface area contributed by atoms with Crippen molar-refractivity contribution in [3.05, 3.63) is 359 Å². The minimum absolute atomic E-state index is 0. The third kappa shape index (κ3) is 77.8. The first-order chi connectivity index (χ1) is 59.9. The number of esters is 3. The number of carbonyl (C=O) groups is 3. The number of terminal acetylenes is 2. The quantitative estimate of drug-likeness (QED) is 0.0213. The zero-order valence-corrected chi connectivity index (χ0v) is 99.0. The number of halogens is 5. The van der Waals surface area contributed by atoms with Gasteiger partial charge >= 0.3 is 98.8 Å². The van der Waals surface area contributed by atoms with Gasteiger partial charge in [0.05, 0.1) is 58.3 Å². The number of benzene rings is 10. The van der Waals surface area contributed by atoms with Gasteiger partial charge in [0.1, 0.15) is 21.9 Å². The molecule has 5 N–H and O–H groups in total. The van der Waals surface area contributed by atoms with Crippen molar-refractivity contribution in [2.24, 2.45) is 0 Å². The molecule has 0 bridgehead atoms. The van der Waals surface area contributed by atoms with Gasteiger partial charge in [-0.2, -0.15) is 24.6 Å². The molecule has 0 saturated heterocycles. The largest absolute Gasteiger partial charge is 1.00 e. The summed E-state index contributed by atoms with van der Waals surface area (Å²) in [7, 11) is 4.07. The Labute approximate surface area is 960 Å². The van der Waals surface area contributed by atoms with Crippen molar-refractivity contribution in [1.82, 2.24) is 0 Å². The molecule has 0 amide bonds. The summed E-state index contributed by atoms with van der Waals surface area (Å²) < 4.78 is 24.5. The number of rotatable bonds is 13. The first-order valence-electron chi connectivity index (χ1n) is 40.5. The maximum atomic E-state index is 11.3. The van der Waals surface area contributed by atoms with Crippen molar-refractivity contribution >= 4 is 183 Å². The average Bonchev–Trinajstić information content (AvgIpc) is 0.868. The summed E-state index contributed by atoms with van der Waals surface area (Å²) in [4.78, 5) is 33.7. The molecule has 0 fully saturated rings. The Kier molecular flexibility index (Phi) is 106. The molecule has 0 aliphatic heterocycles. The number of aryl methyl sites for hydroxylation is 4. The number of aliphatic hydroxyl groups excluding tert-OH is 4. The first-order valence-corrected chi connectivity index (χ1v) is 56.0. The van der Waals surface area contributed by atoms with E-state index in [0.717, 1.165) is 95.7 Å². The SMILES string of the molecule is C.C.C.C.C.C#C[Si](C)(C)C.C#Cc1ccc(CC)cc1.CC(C)(C)[Si](C)(C)Cl.CCc1ccc(C#C/C=C/c2ccc(C(=O)OC)cc2)cc1.CCc1ccc(C#C[Si](C)(C)C)cc1.CCc1ccc(I)cc1.CO.CO.COC(=O)c1ccc(/C=C/C#Cc2ccc(CO)cc2)cc1.COC(=O)c1ccc(/C=C/I)cc1.COc1ccc(I)cc1.OCc1ccc(I)cc1.S.[B].[H-].[K+].[Na+].[OH-]. The van der Waals surface area contributed by atoms with Gasteiger partial charge in [0, 0.05) is 55.6 Å². The van der Waals surface area contributed by atoms with E-state index >= 15 is 0 Å². The number of methoxy groups -OCH3 is 4. The van der Waals surface area contributed by atoms with Gasteiger partial charge in [-0.15, -0.1) is 23.9 Å². The number of carbonyl (C=O) groups excluding carboxylic acids is 3. The Balaban J connectivity index is -0.000000114. The molecule has 136 heavy (non-hydrogen) atoms. The van der Waals surface area contributed by atoms with E-state index < -0.39 is 23.5 Å². The van der Waals surface area contributed by atoms with Crippen molar-refractivity contribution in [2.45, 2.75) is 182 Å². The molecular weight excluding hydrogens is 2270 g/mol. The molecule has 10 aromatic carbocycles. The fourth-order valence-corrected chi connectivity index (χ4v) is 10.5. The van der Waals surface area contributed by atoms with E-state index in [4.69, 9.17) is 49.1 Å². The van der Waals surface area contributed by atoms with E-state index in [2.05, 4.69) is 325 Å². The third-order valence-electron chi connectivity index (χ3n) is 17.1. The third-order valence-corrected chi connectivity index (χ3v) is 26.6. The van der Waals surface area contributed by atoms with Crippen LogP contribution in [0, 0.1) is 70.2 Å². The minimum atomic E-state index is -1.39. The van der Waals surface area contributed by atoms with Crippen LogP contribution in [0.15, 0.2) is 259 Å².